The molecule has 3 aromatic rings. The van der Waals surface area contributed by atoms with Crippen molar-refractivity contribution in [1.82, 2.24) is 20.2 Å². The highest BCUT2D eigenvalue weighted by Crippen LogP contribution is 2.21. The summed E-state index contributed by atoms with van der Waals surface area (Å²) in [6, 6.07) is 7.76. The van der Waals surface area contributed by atoms with Gasteiger partial charge < -0.3 is 11.1 Å². The van der Waals surface area contributed by atoms with Gasteiger partial charge in [0.1, 0.15) is 12.4 Å². The largest absolute Gasteiger partial charge is 0.404 e. The Hall–Kier alpha value is -3.35. The van der Waals surface area contributed by atoms with E-state index >= 15 is 0 Å². The number of nitrogens with zero attached hydrogens (tertiary/aromatic N) is 4. The van der Waals surface area contributed by atoms with E-state index in [4.69, 9.17) is 5.73 Å². The lowest BCUT2D eigenvalue weighted by Crippen LogP contribution is -2.68. The van der Waals surface area contributed by atoms with Gasteiger partial charge in [0.15, 0.2) is 12.0 Å². The molecule has 0 saturated heterocycles. The fraction of sp³-hybridized carbons (Fsp3) is 0.250. The molecule has 7 heteroatoms. The Balaban J connectivity index is 1.92. The lowest BCUT2D eigenvalue weighted by Gasteiger charge is -2.09. The maximum Gasteiger partial charge on any atom is 0.171 e. The number of rotatable bonds is 6. The fourth-order valence-corrected chi connectivity index (χ4v) is 2.56. The van der Waals surface area contributed by atoms with Gasteiger partial charge in [-0.1, -0.05) is 13.8 Å². The van der Waals surface area contributed by atoms with Crippen molar-refractivity contribution >= 4 is 34.5 Å². The number of pyridine rings is 2. The van der Waals surface area contributed by atoms with Crippen molar-refractivity contribution in [2.45, 2.75) is 26.7 Å². The van der Waals surface area contributed by atoms with Gasteiger partial charge in [0.05, 0.1) is 22.8 Å². The summed E-state index contributed by atoms with van der Waals surface area (Å²) in [7, 11) is 0. The summed E-state index contributed by atoms with van der Waals surface area (Å²) in [6.45, 7) is 7.09. The van der Waals surface area contributed by atoms with Gasteiger partial charge in [-0.05, 0) is 42.7 Å². The molecule has 0 radical (unpaired) electrons. The standard InChI is InChI=1S/C20H23N7/c1-4-22-10-16(9-21)15-7-18-17(23-11-15)5-6-19(25-18)26-20-8-14(13(2)3)12-24-27-20/h5-13H,4,21H2,1-3H3,(H,25,26,27)/p+1. The van der Waals surface area contributed by atoms with Gasteiger partial charge in [-0.2, -0.15) is 5.10 Å². The molecule has 0 aliphatic rings. The molecule has 7 nitrogen and oxygen atoms in total. The molecule has 27 heavy (non-hydrogen) atoms. The highest BCUT2D eigenvalue weighted by molar-refractivity contribution is 6.07. The molecule has 3 aromatic heterocycles. The molecule has 0 fully saturated rings. The molecule has 0 aliphatic heterocycles. The molecule has 0 aromatic carbocycles. The lowest BCUT2D eigenvalue weighted by molar-refractivity contribution is -0.445. The molecule has 3 heterocycles. The van der Waals surface area contributed by atoms with E-state index in [9.17, 15) is 0 Å². The summed E-state index contributed by atoms with van der Waals surface area (Å²) in [5.41, 5.74) is 10.2. The number of anilines is 2. The number of allylic oxidation sites excluding steroid dienone is 1. The maximum absolute atomic E-state index is 5.75. The Morgan fingerprint density at radius 2 is 2.04 bits per heavy atom. The number of nitrogens with one attached hydrogen (secondary N) is 2. The summed E-state index contributed by atoms with van der Waals surface area (Å²) >= 11 is 0. The molecule has 138 valence electrons. The third-order valence-corrected chi connectivity index (χ3v) is 4.11. The van der Waals surface area contributed by atoms with Gasteiger partial charge in [-0.15, -0.1) is 5.10 Å². The minimum Gasteiger partial charge on any atom is -0.404 e. The average molecular weight is 362 g/mol. The second-order valence-corrected chi connectivity index (χ2v) is 6.44. The van der Waals surface area contributed by atoms with E-state index < -0.39 is 0 Å². The maximum atomic E-state index is 5.75. The van der Waals surface area contributed by atoms with Gasteiger partial charge in [0, 0.05) is 18.0 Å². The van der Waals surface area contributed by atoms with Crippen LogP contribution in [0.1, 0.15) is 37.8 Å². The Bertz CT molecular complexity index is 993. The first-order chi connectivity index (χ1) is 13.1. The van der Waals surface area contributed by atoms with Crippen LogP contribution in [0.4, 0.5) is 11.6 Å². The van der Waals surface area contributed by atoms with Crippen molar-refractivity contribution in [2.75, 3.05) is 11.9 Å². The first kappa shape index (κ1) is 18.4. The van der Waals surface area contributed by atoms with E-state index in [0.717, 1.165) is 34.3 Å². The van der Waals surface area contributed by atoms with Crippen LogP contribution in [0.3, 0.4) is 0 Å². The van der Waals surface area contributed by atoms with Gasteiger partial charge in [-0.3, -0.25) is 4.98 Å². The number of nitrogens with two attached hydrogens (primary N) is 1. The summed E-state index contributed by atoms with van der Waals surface area (Å²) in [5, 5.41) is 11.4. The van der Waals surface area contributed by atoms with Crippen LogP contribution in [-0.2, 0) is 0 Å². The second-order valence-electron chi connectivity index (χ2n) is 6.44. The third-order valence-electron chi connectivity index (χ3n) is 4.11. The zero-order chi connectivity index (χ0) is 19.2. The van der Waals surface area contributed by atoms with Gasteiger partial charge >= 0.3 is 0 Å². The summed E-state index contributed by atoms with van der Waals surface area (Å²) in [4.78, 5) is 12.3. The second kappa shape index (κ2) is 8.35. The topological polar surface area (TPSA) is 104 Å². The molecule has 0 amide bonds. The van der Waals surface area contributed by atoms with Gasteiger partial charge in [-0.25, -0.2) is 9.98 Å². The Morgan fingerprint density at radius 3 is 2.78 bits per heavy atom. The van der Waals surface area contributed by atoms with E-state index in [1.807, 2.05) is 37.4 Å². The number of aromatic nitrogens is 4. The normalized spacial score (nSPS) is 12.2. The predicted molar refractivity (Wildman–Crippen MR) is 109 cm³/mol. The van der Waals surface area contributed by atoms with Crippen LogP contribution in [0.15, 0.2) is 42.9 Å². The van der Waals surface area contributed by atoms with Crippen LogP contribution in [0.25, 0.3) is 16.6 Å². The Morgan fingerprint density at radius 1 is 1.19 bits per heavy atom. The summed E-state index contributed by atoms with van der Waals surface area (Å²) < 4.78 is 0. The van der Waals surface area contributed by atoms with E-state index in [2.05, 4.69) is 44.3 Å². The van der Waals surface area contributed by atoms with Crippen LogP contribution >= 0.6 is 0 Å². The van der Waals surface area contributed by atoms with Crippen molar-refractivity contribution in [3.63, 3.8) is 0 Å². The molecule has 0 spiro atoms. The molecule has 0 atom stereocenters. The first-order valence-corrected chi connectivity index (χ1v) is 8.96. The third kappa shape index (κ3) is 4.44. The van der Waals surface area contributed by atoms with Crippen LogP contribution in [0.2, 0.25) is 0 Å². The van der Waals surface area contributed by atoms with Crippen molar-refractivity contribution in [1.29, 1.82) is 0 Å². The van der Waals surface area contributed by atoms with E-state index in [-0.39, 0.29) is 0 Å². The van der Waals surface area contributed by atoms with Crippen molar-refractivity contribution in [3.8, 4) is 0 Å². The minimum atomic E-state index is 0.381. The number of fused-ring (bicyclic) bond motifs is 1. The van der Waals surface area contributed by atoms with Crippen molar-refractivity contribution < 1.29 is 4.99 Å². The number of hydrogen-bond donors (Lipinski definition) is 3. The van der Waals surface area contributed by atoms with E-state index in [1.165, 1.54) is 0 Å². The van der Waals surface area contributed by atoms with E-state index in [0.29, 0.717) is 17.6 Å². The molecule has 4 N–H and O–H groups in total. The predicted octanol–water partition coefficient (Wildman–Crippen LogP) is 1.76. The molecule has 0 unspecified atom stereocenters. The van der Waals surface area contributed by atoms with Gasteiger partial charge in [0.25, 0.3) is 0 Å². The zero-order valence-electron chi connectivity index (χ0n) is 15.8. The summed E-state index contributed by atoms with van der Waals surface area (Å²) in [6.07, 6.45) is 7.00. The summed E-state index contributed by atoms with van der Waals surface area (Å²) in [5.74, 6) is 1.73. The minimum absolute atomic E-state index is 0.381. The van der Waals surface area contributed by atoms with Crippen LogP contribution in [0.5, 0.6) is 0 Å². The monoisotopic (exact) mass is 362 g/mol. The Kier molecular flexibility index (Phi) is 5.71. The fourth-order valence-electron chi connectivity index (χ4n) is 2.56. The molecule has 3 rings (SSSR count). The Labute approximate surface area is 158 Å². The van der Waals surface area contributed by atoms with Gasteiger partial charge in [0.2, 0.25) is 0 Å². The van der Waals surface area contributed by atoms with Crippen LogP contribution in [-0.4, -0.2) is 32.9 Å². The molecule has 0 bridgehead atoms. The zero-order valence-corrected chi connectivity index (χ0v) is 15.8. The highest BCUT2D eigenvalue weighted by atomic mass is 15.2. The van der Waals surface area contributed by atoms with Crippen molar-refractivity contribution in [2.24, 2.45) is 5.73 Å². The molecule has 0 saturated carbocycles. The van der Waals surface area contributed by atoms with Crippen LogP contribution < -0.4 is 16.0 Å². The quantitative estimate of drug-likeness (QED) is 0.577. The smallest absolute Gasteiger partial charge is 0.171 e. The SMILES string of the molecule is CC[NH+]=CC(=CN)c1cnc2ccc(Nc3cc(C(C)C)cnn3)nc2c1. The van der Waals surface area contributed by atoms with Crippen molar-refractivity contribution in [3.05, 3.63) is 54.0 Å². The molecular weight excluding hydrogens is 338 g/mol. The first-order valence-electron chi connectivity index (χ1n) is 8.96. The molecule has 0 aliphatic carbocycles. The lowest BCUT2D eigenvalue weighted by atomic mass is 10.1. The molecular formula is C20H24N7+. The van der Waals surface area contributed by atoms with Crippen LogP contribution in [0, 0.1) is 0 Å². The number of hydrogen-bond acceptors (Lipinski definition) is 6. The average Bonchev–Trinajstić information content (AvgIpc) is 2.68. The van der Waals surface area contributed by atoms with E-state index in [1.54, 1.807) is 18.6 Å². The highest BCUT2D eigenvalue weighted by Gasteiger charge is 2.07.